The van der Waals surface area contributed by atoms with Gasteiger partial charge in [-0.1, -0.05) is 62.9 Å². The molecule has 1 aromatic heterocycles. The molecule has 0 bridgehead atoms. The standard InChI is InChI=1S/C16H17FN2S.C16H20N2.C2H4/c1-11-7-5-6-8-15(11)12(2)9-13(3)19-14(4)16(20-17)10-18-19;1-3-14-8-10-18(11-9-14)13(2)16-6-4-15(12-17)5-7-16;1-2/h5-10H,2H2,1,3-4H3;4-7,14H,2-3,8-11H2,1H3;1-2H2/b13-9-;;. The molecule has 0 atom stereocenters. The molecule has 6 heteroatoms. The first-order valence-electron chi connectivity index (χ1n) is 13.5. The Hall–Kier alpha value is -3.82. The number of aryl methyl sites for hydroxylation is 1. The Morgan fingerprint density at radius 2 is 1.73 bits per heavy atom. The molecule has 0 spiro atoms. The van der Waals surface area contributed by atoms with E-state index in [-0.39, 0.29) is 12.1 Å². The van der Waals surface area contributed by atoms with Gasteiger partial charge in [0.1, 0.15) is 0 Å². The maximum atomic E-state index is 12.7. The molecule has 0 N–H and O–H groups in total. The van der Waals surface area contributed by atoms with Crippen molar-refractivity contribution in [1.82, 2.24) is 14.7 Å². The van der Waals surface area contributed by atoms with Crippen LogP contribution in [0.15, 0.2) is 92.0 Å². The van der Waals surface area contributed by atoms with Gasteiger partial charge in [0, 0.05) is 24.5 Å². The van der Waals surface area contributed by atoms with E-state index in [0.29, 0.717) is 10.5 Å². The van der Waals surface area contributed by atoms with E-state index in [1.165, 1.54) is 31.0 Å². The lowest BCUT2D eigenvalue weighted by atomic mass is 9.93. The number of nitriles is 1. The van der Waals surface area contributed by atoms with Crippen LogP contribution < -0.4 is 0 Å². The lowest BCUT2D eigenvalue weighted by Crippen LogP contribution is -2.31. The summed E-state index contributed by atoms with van der Waals surface area (Å²) in [5, 5.41) is 13.0. The van der Waals surface area contributed by atoms with Crippen LogP contribution in [0.25, 0.3) is 17.0 Å². The lowest BCUT2D eigenvalue weighted by molar-refractivity contribution is 0.251. The Kier molecular flexibility index (Phi) is 13.2. The van der Waals surface area contributed by atoms with Crippen LogP contribution in [0.5, 0.6) is 0 Å². The van der Waals surface area contributed by atoms with Crippen molar-refractivity contribution in [3.05, 3.63) is 115 Å². The number of benzene rings is 2. The summed E-state index contributed by atoms with van der Waals surface area (Å²) in [4.78, 5) is 2.91. The Balaban J connectivity index is 0.000000265. The molecule has 3 aromatic rings. The fourth-order valence-corrected chi connectivity index (χ4v) is 4.97. The van der Waals surface area contributed by atoms with Crippen molar-refractivity contribution in [3.8, 4) is 6.07 Å². The summed E-state index contributed by atoms with van der Waals surface area (Å²) in [6, 6.07) is 17.9. The van der Waals surface area contributed by atoms with Crippen molar-refractivity contribution >= 4 is 29.1 Å². The number of piperidine rings is 1. The Labute approximate surface area is 244 Å². The summed E-state index contributed by atoms with van der Waals surface area (Å²) in [6.45, 7) is 24.6. The number of likely N-dealkylation sites (tertiary alicyclic amines) is 1. The molecule has 2 heterocycles. The summed E-state index contributed by atoms with van der Waals surface area (Å²) in [5.74, 6) is 0.884. The Morgan fingerprint density at radius 3 is 2.25 bits per heavy atom. The van der Waals surface area contributed by atoms with Crippen molar-refractivity contribution in [2.45, 2.75) is 51.9 Å². The lowest BCUT2D eigenvalue weighted by Gasteiger charge is -2.34. The van der Waals surface area contributed by atoms with Crippen molar-refractivity contribution in [1.29, 1.82) is 5.26 Å². The van der Waals surface area contributed by atoms with E-state index in [4.69, 9.17) is 5.26 Å². The van der Waals surface area contributed by atoms with E-state index >= 15 is 0 Å². The van der Waals surface area contributed by atoms with Crippen molar-refractivity contribution in [2.24, 2.45) is 5.92 Å². The van der Waals surface area contributed by atoms with Gasteiger partial charge in [-0.2, -0.15) is 14.2 Å². The summed E-state index contributed by atoms with van der Waals surface area (Å²) in [6.07, 6.45) is 7.33. The molecule has 40 heavy (non-hydrogen) atoms. The molecular formula is C34H41FN4S. The molecule has 0 aliphatic carbocycles. The normalized spacial score (nSPS) is 13.3. The molecule has 0 radical (unpaired) electrons. The minimum atomic E-state index is 0.218. The highest BCUT2D eigenvalue weighted by Crippen LogP contribution is 2.27. The fraction of sp³-hybridized carbons (Fsp3) is 0.294. The fourth-order valence-electron chi connectivity index (χ4n) is 4.68. The number of aromatic nitrogens is 2. The number of hydrogen-bond acceptors (Lipinski definition) is 4. The average molecular weight is 557 g/mol. The molecule has 0 amide bonds. The SMILES string of the molecule is C=C.C=C(/C=C(/C)n1ncc(SF)c1C)c1ccccc1C.C=C(c1ccc(C#N)cc1)N1CCC(CC)CC1. The second-order valence-electron chi connectivity index (χ2n) is 9.68. The summed E-state index contributed by atoms with van der Waals surface area (Å²) in [5.41, 5.74) is 7.84. The van der Waals surface area contributed by atoms with Crippen LogP contribution in [0.4, 0.5) is 3.89 Å². The molecule has 2 aromatic carbocycles. The zero-order valence-corrected chi connectivity index (χ0v) is 25.1. The van der Waals surface area contributed by atoms with Gasteiger partial charge in [0.25, 0.3) is 0 Å². The second-order valence-corrected chi connectivity index (χ2v) is 10.3. The van der Waals surface area contributed by atoms with Gasteiger partial charge >= 0.3 is 0 Å². The predicted molar refractivity (Wildman–Crippen MR) is 170 cm³/mol. The molecule has 1 fully saturated rings. The third kappa shape index (κ3) is 8.59. The van der Waals surface area contributed by atoms with Crippen LogP contribution in [0, 0.1) is 31.1 Å². The van der Waals surface area contributed by atoms with Crippen molar-refractivity contribution < 1.29 is 3.89 Å². The van der Waals surface area contributed by atoms with Gasteiger partial charge in [-0.3, -0.25) is 0 Å². The van der Waals surface area contributed by atoms with Crippen LogP contribution >= 0.6 is 12.1 Å². The first-order valence-corrected chi connectivity index (χ1v) is 14.2. The van der Waals surface area contributed by atoms with Gasteiger partial charge in [0.2, 0.25) is 0 Å². The molecule has 0 saturated carbocycles. The number of rotatable bonds is 7. The summed E-state index contributed by atoms with van der Waals surface area (Å²) in [7, 11) is 0. The number of allylic oxidation sites excluding steroid dienone is 3. The zero-order chi connectivity index (χ0) is 29.7. The van der Waals surface area contributed by atoms with Gasteiger partial charge in [0.15, 0.2) is 0 Å². The minimum Gasteiger partial charge on any atom is -0.372 e. The van der Waals surface area contributed by atoms with Crippen LogP contribution in [0.1, 0.15) is 61.1 Å². The van der Waals surface area contributed by atoms with E-state index in [1.54, 1.807) is 4.68 Å². The summed E-state index contributed by atoms with van der Waals surface area (Å²) < 4.78 is 14.4. The van der Waals surface area contributed by atoms with Gasteiger partial charge in [-0.25, -0.2) is 4.68 Å². The maximum Gasteiger partial charge on any atom is 0.0991 e. The highest BCUT2D eigenvalue weighted by molar-refractivity contribution is 7.94. The number of halogens is 1. The van der Waals surface area contributed by atoms with Gasteiger partial charge in [0.05, 0.1) is 40.6 Å². The molecule has 4 nitrogen and oxygen atoms in total. The van der Waals surface area contributed by atoms with Gasteiger partial charge in [-0.15, -0.1) is 13.2 Å². The monoisotopic (exact) mass is 556 g/mol. The quantitative estimate of drug-likeness (QED) is 0.215. The largest absolute Gasteiger partial charge is 0.372 e. The molecule has 4 rings (SSSR count). The van der Waals surface area contributed by atoms with Gasteiger partial charge < -0.3 is 4.90 Å². The first kappa shape index (κ1) is 32.4. The molecule has 1 aliphatic rings. The molecule has 1 aliphatic heterocycles. The minimum absolute atomic E-state index is 0.218. The Morgan fingerprint density at radius 1 is 1.10 bits per heavy atom. The predicted octanol–water partition coefficient (Wildman–Crippen LogP) is 9.50. The summed E-state index contributed by atoms with van der Waals surface area (Å²) >= 11 is 0.218. The van der Waals surface area contributed by atoms with Crippen LogP contribution in [-0.4, -0.2) is 27.8 Å². The van der Waals surface area contributed by atoms with E-state index in [2.05, 4.69) is 62.3 Å². The molecule has 1 saturated heterocycles. The highest BCUT2D eigenvalue weighted by atomic mass is 32.2. The third-order valence-electron chi connectivity index (χ3n) is 7.18. The van der Waals surface area contributed by atoms with E-state index in [9.17, 15) is 3.89 Å². The van der Waals surface area contributed by atoms with Gasteiger partial charge in [-0.05, 0) is 80.0 Å². The number of nitrogens with zero attached hydrogens (tertiary/aromatic N) is 4. The van der Waals surface area contributed by atoms with Crippen LogP contribution in [0.3, 0.4) is 0 Å². The zero-order valence-electron chi connectivity index (χ0n) is 24.3. The van der Waals surface area contributed by atoms with Crippen LogP contribution in [0.2, 0.25) is 0 Å². The van der Waals surface area contributed by atoms with E-state index in [1.807, 2.05) is 62.4 Å². The molecule has 210 valence electrons. The van der Waals surface area contributed by atoms with Crippen LogP contribution in [-0.2, 0) is 0 Å². The highest BCUT2D eigenvalue weighted by Gasteiger charge is 2.19. The topological polar surface area (TPSA) is 44.9 Å². The second kappa shape index (κ2) is 16.3. The number of hydrogen-bond donors (Lipinski definition) is 0. The maximum absolute atomic E-state index is 12.7. The molecular weight excluding hydrogens is 515 g/mol. The van der Waals surface area contributed by atoms with E-state index in [0.717, 1.165) is 52.8 Å². The smallest absolute Gasteiger partial charge is 0.0991 e. The Bertz CT molecular complexity index is 1340. The van der Waals surface area contributed by atoms with Crippen molar-refractivity contribution in [2.75, 3.05) is 13.1 Å². The average Bonchev–Trinajstić information content (AvgIpc) is 3.38. The third-order valence-corrected chi connectivity index (χ3v) is 7.74. The van der Waals surface area contributed by atoms with Crippen molar-refractivity contribution in [3.63, 3.8) is 0 Å². The first-order chi connectivity index (χ1) is 19.3. The molecule has 0 unspecified atom stereocenters. The van der Waals surface area contributed by atoms with E-state index < -0.39 is 0 Å².